The van der Waals surface area contributed by atoms with Gasteiger partial charge in [0.1, 0.15) is 0 Å². The lowest BCUT2D eigenvalue weighted by atomic mass is 9.68. The molecule has 1 aliphatic carbocycles. The number of rotatable bonds is 4. The average molecular weight is 314 g/mol. The van der Waals surface area contributed by atoms with Crippen LogP contribution in [0.25, 0.3) is 0 Å². The Morgan fingerprint density at radius 2 is 1.64 bits per heavy atom. The van der Waals surface area contributed by atoms with Gasteiger partial charge in [-0.05, 0) is 63.8 Å². The van der Waals surface area contributed by atoms with Crippen LogP contribution in [-0.2, 0) is 11.1 Å². The molecule has 2 nitrogen and oxygen atoms in total. The first-order valence-electron chi connectivity index (χ1n) is 8.09. The van der Waals surface area contributed by atoms with E-state index >= 15 is 0 Å². The predicted molar refractivity (Wildman–Crippen MR) is 95.3 cm³/mol. The number of nitrogens with zero attached hydrogens (tertiary/aromatic N) is 1. The SMILES string of the molecule is CNC1(c2ccccc2)CCC(c2cccs2)(N(C)C)CC1. The van der Waals surface area contributed by atoms with Crippen LogP contribution in [0, 0.1) is 0 Å². The van der Waals surface area contributed by atoms with E-state index in [1.807, 2.05) is 11.3 Å². The maximum absolute atomic E-state index is 3.64. The molecule has 0 amide bonds. The monoisotopic (exact) mass is 314 g/mol. The van der Waals surface area contributed by atoms with Crippen molar-refractivity contribution in [1.82, 2.24) is 10.2 Å². The van der Waals surface area contributed by atoms with Crippen LogP contribution in [0.4, 0.5) is 0 Å². The molecule has 0 bridgehead atoms. The lowest BCUT2D eigenvalue weighted by Gasteiger charge is -2.49. The van der Waals surface area contributed by atoms with E-state index in [9.17, 15) is 0 Å². The number of hydrogen-bond acceptors (Lipinski definition) is 3. The Morgan fingerprint density at radius 1 is 0.955 bits per heavy atom. The molecule has 118 valence electrons. The molecule has 1 heterocycles. The number of thiophene rings is 1. The molecule has 1 N–H and O–H groups in total. The van der Waals surface area contributed by atoms with Gasteiger partial charge in [-0.1, -0.05) is 36.4 Å². The molecule has 2 aromatic rings. The highest BCUT2D eigenvalue weighted by atomic mass is 32.1. The van der Waals surface area contributed by atoms with Crippen molar-refractivity contribution in [3.05, 3.63) is 58.3 Å². The Bertz CT molecular complexity index is 581. The van der Waals surface area contributed by atoms with Crippen molar-refractivity contribution >= 4 is 11.3 Å². The summed E-state index contributed by atoms with van der Waals surface area (Å²) >= 11 is 1.90. The topological polar surface area (TPSA) is 15.3 Å². The van der Waals surface area contributed by atoms with Gasteiger partial charge in [0.25, 0.3) is 0 Å². The van der Waals surface area contributed by atoms with E-state index in [1.54, 1.807) is 0 Å². The molecule has 22 heavy (non-hydrogen) atoms. The first-order valence-corrected chi connectivity index (χ1v) is 8.97. The second-order valence-corrected chi connectivity index (χ2v) is 7.55. The van der Waals surface area contributed by atoms with E-state index in [4.69, 9.17) is 0 Å². The van der Waals surface area contributed by atoms with Gasteiger partial charge in [-0.25, -0.2) is 0 Å². The van der Waals surface area contributed by atoms with Crippen LogP contribution >= 0.6 is 11.3 Å². The van der Waals surface area contributed by atoms with Gasteiger partial charge >= 0.3 is 0 Å². The van der Waals surface area contributed by atoms with E-state index in [0.29, 0.717) is 0 Å². The third-order valence-corrected chi connectivity index (χ3v) is 6.63. The Morgan fingerprint density at radius 3 is 2.14 bits per heavy atom. The second-order valence-electron chi connectivity index (χ2n) is 6.60. The van der Waals surface area contributed by atoms with Crippen LogP contribution in [0.2, 0.25) is 0 Å². The summed E-state index contributed by atoms with van der Waals surface area (Å²) in [5, 5.41) is 5.85. The summed E-state index contributed by atoms with van der Waals surface area (Å²) in [5.74, 6) is 0. The van der Waals surface area contributed by atoms with Gasteiger partial charge in [0, 0.05) is 10.4 Å². The number of hydrogen-bond donors (Lipinski definition) is 1. The van der Waals surface area contributed by atoms with Gasteiger partial charge in [0.05, 0.1) is 5.54 Å². The molecular weight excluding hydrogens is 288 g/mol. The molecule has 0 atom stereocenters. The van der Waals surface area contributed by atoms with Crippen LogP contribution in [-0.4, -0.2) is 26.0 Å². The van der Waals surface area contributed by atoms with Crippen molar-refractivity contribution < 1.29 is 0 Å². The zero-order chi connectivity index (χ0) is 15.6. The van der Waals surface area contributed by atoms with Crippen molar-refractivity contribution in [1.29, 1.82) is 0 Å². The largest absolute Gasteiger partial charge is 0.310 e. The molecule has 1 saturated carbocycles. The van der Waals surface area contributed by atoms with E-state index < -0.39 is 0 Å². The fraction of sp³-hybridized carbons (Fsp3) is 0.474. The summed E-state index contributed by atoms with van der Waals surface area (Å²) in [7, 11) is 6.57. The van der Waals surface area contributed by atoms with Crippen molar-refractivity contribution in [2.24, 2.45) is 0 Å². The first-order chi connectivity index (χ1) is 10.6. The lowest BCUT2D eigenvalue weighted by Crippen LogP contribution is -2.51. The molecule has 3 rings (SSSR count). The van der Waals surface area contributed by atoms with Crippen LogP contribution < -0.4 is 5.32 Å². The number of nitrogens with one attached hydrogen (secondary N) is 1. The summed E-state index contributed by atoms with van der Waals surface area (Å²) in [6.07, 6.45) is 4.72. The Labute approximate surface area is 138 Å². The fourth-order valence-electron chi connectivity index (χ4n) is 3.99. The zero-order valence-corrected chi connectivity index (χ0v) is 14.6. The van der Waals surface area contributed by atoms with Gasteiger partial charge < -0.3 is 5.32 Å². The van der Waals surface area contributed by atoms with Crippen LogP contribution in [0.5, 0.6) is 0 Å². The molecule has 0 saturated heterocycles. The highest BCUT2D eigenvalue weighted by Gasteiger charge is 2.45. The summed E-state index contributed by atoms with van der Waals surface area (Å²) in [6, 6.07) is 15.4. The van der Waals surface area contributed by atoms with Crippen molar-refractivity contribution in [2.45, 2.75) is 36.8 Å². The van der Waals surface area contributed by atoms with Gasteiger partial charge in [0.15, 0.2) is 0 Å². The van der Waals surface area contributed by atoms with Crippen molar-refractivity contribution in [3.8, 4) is 0 Å². The standard InChI is InChI=1S/C19H26N2S/c1-20-18(16-8-5-4-6-9-16)11-13-19(14-12-18,21(2)3)17-10-7-15-22-17/h4-10,15,20H,11-14H2,1-3H3. The first kappa shape index (κ1) is 15.7. The zero-order valence-electron chi connectivity index (χ0n) is 13.8. The molecule has 1 aliphatic rings. The molecule has 0 radical (unpaired) electrons. The average Bonchev–Trinajstić information content (AvgIpc) is 3.10. The normalized spacial score (nSPS) is 28.9. The van der Waals surface area contributed by atoms with E-state index in [1.165, 1.54) is 36.1 Å². The summed E-state index contributed by atoms with van der Waals surface area (Å²) in [5.41, 5.74) is 1.75. The van der Waals surface area contributed by atoms with Crippen molar-refractivity contribution in [2.75, 3.05) is 21.1 Å². The highest BCUT2D eigenvalue weighted by Crippen LogP contribution is 2.49. The Hall–Kier alpha value is -1.16. The third-order valence-electron chi connectivity index (χ3n) is 5.57. The minimum atomic E-state index is 0.123. The van der Waals surface area contributed by atoms with Crippen LogP contribution in [0.3, 0.4) is 0 Å². The van der Waals surface area contributed by atoms with Crippen LogP contribution in [0.1, 0.15) is 36.1 Å². The fourth-order valence-corrected chi connectivity index (χ4v) is 5.05. The molecule has 0 aliphatic heterocycles. The van der Waals surface area contributed by atoms with Gasteiger partial charge in [-0.15, -0.1) is 11.3 Å². The molecule has 3 heteroatoms. The predicted octanol–water partition coefficient (Wildman–Crippen LogP) is 4.19. The molecule has 0 unspecified atom stereocenters. The van der Waals surface area contributed by atoms with Crippen LogP contribution in [0.15, 0.2) is 47.8 Å². The minimum Gasteiger partial charge on any atom is -0.310 e. The van der Waals surface area contributed by atoms with E-state index in [0.717, 1.165) is 0 Å². The maximum atomic E-state index is 3.64. The van der Waals surface area contributed by atoms with E-state index in [-0.39, 0.29) is 11.1 Å². The second kappa shape index (κ2) is 6.15. The third kappa shape index (κ3) is 2.51. The quantitative estimate of drug-likeness (QED) is 0.910. The Balaban J connectivity index is 1.89. The molecule has 1 aromatic heterocycles. The van der Waals surface area contributed by atoms with Gasteiger partial charge in [0.2, 0.25) is 0 Å². The smallest absolute Gasteiger partial charge is 0.0550 e. The number of benzene rings is 1. The highest BCUT2D eigenvalue weighted by molar-refractivity contribution is 7.10. The summed E-state index contributed by atoms with van der Waals surface area (Å²) < 4.78 is 0. The summed E-state index contributed by atoms with van der Waals surface area (Å²) in [6.45, 7) is 0. The van der Waals surface area contributed by atoms with E-state index in [2.05, 4.69) is 79.2 Å². The molecule has 1 aromatic carbocycles. The lowest BCUT2D eigenvalue weighted by molar-refractivity contribution is 0.0589. The van der Waals surface area contributed by atoms with Gasteiger partial charge in [-0.3, -0.25) is 4.90 Å². The van der Waals surface area contributed by atoms with Crippen molar-refractivity contribution in [3.63, 3.8) is 0 Å². The minimum absolute atomic E-state index is 0.123. The molecule has 1 fully saturated rings. The molecule has 0 spiro atoms. The maximum Gasteiger partial charge on any atom is 0.0550 e. The summed E-state index contributed by atoms with van der Waals surface area (Å²) in [4.78, 5) is 3.94. The Kier molecular flexibility index (Phi) is 4.40. The molecular formula is C19H26N2S. The van der Waals surface area contributed by atoms with Gasteiger partial charge in [-0.2, -0.15) is 0 Å².